The number of nitrogens with zero attached hydrogens (tertiary/aromatic N) is 4. The SMILES string of the molecule is CCn1nc(C)c([N+](=O)[O-])c1NC1CCN2CCCC2C1. The molecule has 2 fully saturated rings. The molecule has 3 heterocycles. The molecule has 0 bridgehead atoms. The highest BCUT2D eigenvalue weighted by Gasteiger charge is 2.34. The lowest BCUT2D eigenvalue weighted by Crippen LogP contribution is -2.43. The summed E-state index contributed by atoms with van der Waals surface area (Å²) in [5, 5.41) is 19.0. The molecule has 2 aliphatic rings. The molecule has 116 valence electrons. The Labute approximate surface area is 124 Å². The van der Waals surface area contributed by atoms with Crippen molar-refractivity contribution in [2.24, 2.45) is 0 Å². The summed E-state index contributed by atoms with van der Waals surface area (Å²) in [5.74, 6) is 0.580. The van der Waals surface area contributed by atoms with E-state index in [1.165, 1.54) is 19.4 Å². The van der Waals surface area contributed by atoms with Crippen LogP contribution in [-0.2, 0) is 6.54 Å². The van der Waals surface area contributed by atoms with E-state index in [2.05, 4.69) is 15.3 Å². The van der Waals surface area contributed by atoms with Crippen molar-refractivity contribution in [3.63, 3.8) is 0 Å². The first kappa shape index (κ1) is 14.3. The first-order valence-electron chi connectivity index (χ1n) is 7.82. The minimum absolute atomic E-state index is 0.130. The molecular weight excluding hydrogens is 270 g/mol. The van der Waals surface area contributed by atoms with Crippen molar-refractivity contribution in [1.82, 2.24) is 14.7 Å². The van der Waals surface area contributed by atoms with Gasteiger partial charge in [0.15, 0.2) is 0 Å². The quantitative estimate of drug-likeness (QED) is 0.680. The van der Waals surface area contributed by atoms with Crippen LogP contribution in [0, 0.1) is 17.0 Å². The number of hydrogen-bond donors (Lipinski definition) is 1. The zero-order chi connectivity index (χ0) is 15.0. The molecule has 0 aromatic carbocycles. The highest BCUT2D eigenvalue weighted by atomic mass is 16.6. The molecule has 0 radical (unpaired) electrons. The van der Waals surface area contributed by atoms with Crippen LogP contribution in [0.1, 0.15) is 38.3 Å². The van der Waals surface area contributed by atoms with Gasteiger partial charge in [-0.3, -0.25) is 10.1 Å². The van der Waals surface area contributed by atoms with Crippen molar-refractivity contribution in [3.8, 4) is 0 Å². The highest BCUT2D eigenvalue weighted by Crippen LogP contribution is 2.33. The van der Waals surface area contributed by atoms with Crippen LogP contribution in [0.15, 0.2) is 0 Å². The number of piperidine rings is 1. The number of aromatic nitrogens is 2. The zero-order valence-corrected chi connectivity index (χ0v) is 12.7. The summed E-state index contributed by atoms with van der Waals surface area (Å²) in [6, 6.07) is 0.957. The lowest BCUT2D eigenvalue weighted by Gasteiger charge is -2.35. The lowest BCUT2D eigenvalue weighted by molar-refractivity contribution is -0.384. The average molecular weight is 293 g/mol. The van der Waals surface area contributed by atoms with Crippen LogP contribution in [-0.4, -0.2) is 44.8 Å². The molecule has 7 nitrogen and oxygen atoms in total. The molecule has 0 saturated carbocycles. The summed E-state index contributed by atoms with van der Waals surface area (Å²) in [6.07, 6.45) is 4.66. The number of nitro groups is 1. The molecule has 0 spiro atoms. The average Bonchev–Trinajstić information content (AvgIpc) is 3.02. The Morgan fingerprint density at radius 2 is 2.24 bits per heavy atom. The van der Waals surface area contributed by atoms with Crippen molar-refractivity contribution < 1.29 is 4.92 Å². The minimum Gasteiger partial charge on any atom is -0.362 e. The van der Waals surface area contributed by atoms with Gasteiger partial charge < -0.3 is 10.2 Å². The van der Waals surface area contributed by atoms with Crippen LogP contribution in [0.4, 0.5) is 11.5 Å². The van der Waals surface area contributed by atoms with Gasteiger partial charge >= 0.3 is 5.69 Å². The van der Waals surface area contributed by atoms with Gasteiger partial charge in [0.1, 0.15) is 5.69 Å². The standard InChI is InChI=1S/C14H23N5O2/c1-3-18-14(13(19(20)21)10(2)16-18)15-11-6-8-17-7-4-5-12(17)9-11/h11-12,15H,3-9H2,1-2H3. The second-order valence-electron chi connectivity index (χ2n) is 6.05. The monoisotopic (exact) mass is 293 g/mol. The third kappa shape index (κ3) is 2.62. The van der Waals surface area contributed by atoms with E-state index in [-0.39, 0.29) is 10.6 Å². The Morgan fingerprint density at radius 3 is 2.95 bits per heavy atom. The fourth-order valence-corrected chi connectivity index (χ4v) is 3.71. The summed E-state index contributed by atoms with van der Waals surface area (Å²) >= 11 is 0. The summed E-state index contributed by atoms with van der Waals surface area (Å²) in [4.78, 5) is 13.5. The van der Waals surface area contributed by atoms with E-state index in [0.29, 0.717) is 30.1 Å². The summed E-state index contributed by atoms with van der Waals surface area (Å²) in [6.45, 7) is 6.61. The Morgan fingerprint density at radius 1 is 1.43 bits per heavy atom. The largest absolute Gasteiger partial charge is 0.362 e. The molecule has 2 saturated heterocycles. The van der Waals surface area contributed by atoms with Crippen molar-refractivity contribution in [1.29, 1.82) is 0 Å². The van der Waals surface area contributed by atoms with Gasteiger partial charge in [-0.25, -0.2) is 4.68 Å². The number of nitrogens with one attached hydrogen (secondary N) is 1. The fraction of sp³-hybridized carbons (Fsp3) is 0.786. The lowest BCUT2D eigenvalue weighted by atomic mass is 9.97. The molecule has 2 atom stereocenters. The summed E-state index contributed by atoms with van der Waals surface area (Å²) in [5.41, 5.74) is 0.619. The van der Waals surface area contributed by atoms with Crippen LogP contribution in [0.5, 0.6) is 0 Å². The number of fused-ring (bicyclic) bond motifs is 1. The predicted molar refractivity (Wildman–Crippen MR) is 80.5 cm³/mol. The molecule has 1 aromatic rings. The summed E-state index contributed by atoms with van der Waals surface area (Å²) < 4.78 is 1.72. The van der Waals surface area contributed by atoms with Crippen molar-refractivity contribution in [2.45, 2.75) is 58.2 Å². The normalized spacial score (nSPS) is 25.8. The van der Waals surface area contributed by atoms with Crippen LogP contribution in [0.2, 0.25) is 0 Å². The topological polar surface area (TPSA) is 76.2 Å². The summed E-state index contributed by atoms with van der Waals surface area (Å²) in [7, 11) is 0. The van der Waals surface area contributed by atoms with Crippen LogP contribution >= 0.6 is 0 Å². The van der Waals surface area contributed by atoms with Crippen LogP contribution in [0.3, 0.4) is 0 Å². The van der Waals surface area contributed by atoms with Gasteiger partial charge in [0.2, 0.25) is 5.82 Å². The molecule has 0 amide bonds. The van der Waals surface area contributed by atoms with Gasteiger partial charge in [0.05, 0.1) is 4.92 Å². The van der Waals surface area contributed by atoms with Crippen molar-refractivity contribution in [3.05, 3.63) is 15.8 Å². The maximum Gasteiger partial charge on any atom is 0.333 e. The molecule has 0 aliphatic carbocycles. The Hall–Kier alpha value is -1.63. The maximum atomic E-state index is 11.3. The fourth-order valence-electron chi connectivity index (χ4n) is 3.71. The second-order valence-corrected chi connectivity index (χ2v) is 6.05. The van der Waals surface area contributed by atoms with Crippen molar-refractivity contribution in [2.75, 3.05) is 18.4 Å². The van der Waals surface area contributed by atoms with E-state index in [0.717, 1.165) is 19.4 Å². The second kappa shape index (κ2) is 5.63. The Kier molecular flexibility index (Phi) is 3.84. The Bertz CT molecular complexity index is 542. The molecule has 2 aliphatic heterocycles. The highest BCUT2D eigenvalue weighted by molar-refractivity contribution is 5.60. The number of aryl methyl sites for hydroxylation is 2. The molecule has 3 rings (SSSR count). The zero-order valence-electron chi connectivity index (χ0n) is 12.7. The molecule has 1 N–H and O–H groups in total. The van der Waals surface area contributed by atoms with E-state index in [9.17, 15) is 10.1 Å². The van der Waals surface area contributed by atoms with E-state index >= 15 is 0 Å². The Balaban J connectivity index is 1.79. The third-order valence-corrected chi connectivity index (χ3v) is 4.74. The van der Waals surface area contributed by atoms with Gasteiger partial charge in [-0.2, -0.15) is 5.10 Å². The third-order valence-electron chi connectivity index (χ3n) is 4.74. The van der Waals surface area contributed by atoms with E-state index in [1.807, 2.05) is 6.92 Å². The molecule has 1 aromatic heterocycles. The van der Waals surface area contributed by atoms with Gasteiger partial charge in [-0.15, -0.1) is 0 Å². The minimum atomic E-state index is -0.318. The first-order chi connectivity index (χ1) is 10.1. The van der Waals surface area contributed by atoms with Gasteiger partial charge in [0.25, 0.3) is 0 Å². The predicted octanol–water partition coefficient (Wildman–Crippen LogP) is 2.16. The first-order valence-corrected chi connectivity index (χ1v) is 7.82. The van der Waals surface area contributed by atoms with E-state index < -0.39 is 0 Å². The van der Waals surface area contributed by atoms with Gasteiger partial charge in [-0.1, -0.05) is 0 Å². The number of hydrogen-bond acceptors (Lipinski definition) is 5. The molecule has 7 heteroatoms. The van der Waals surface area contributed by atoms with Gasteiger partial charge in [0, 0.05) is 25.2 Å². The number of rotatable bonds is 4. The smallest absolute Gasteiger partial charge is 0.333 e. The molecule has 21 heavy (non-hydrogen) atoms. The van der Waals surface area contributed by atoms with Crippen LogP contribution in [0.25, 0.3) is 0 Å². The van der Waals surface area contributed by atoms with Crippen LogP contribution < -0.4 is 5.32 Å². The van der Waals surface area contributed by atoms with Gasteiger partial charge in [-0.05, 0) is 46.1 Å². The van der Waals surface area contributed by atoms with Crippen molar-refractivity contribution >= 4 is 11.5 Å². The molecular formula is C14H23N5O2. The number of anilines is 1. The van der Waals surface area contributed by atoms with E-state index in [4.69, 9.17) is 0 Å². The molecule has 2 unspecified atom stereocenters. The van der Waals surface area contributed by atoms with E-state index in [1.54, 1.807) is 11.6 Å². The maximum absolute atomic E-state index is 11.3.